The van der Waals surface area contributed by atoms with Gasteiger partial charge in [-0.25, -0.2) is 9.97 Å². The Kier molecular flexibility index (Phi) is 8.74. The lowest BCUT2D eigenvalue weighted by atomic mass is 9.92. The van der Waals surface area contributed by atoms with Crippen molar-refractivity contribution in [1.82, 2.24) is 20.2 Å². The minimum absolute atomic E-state index is 0.713. The second kappa shape index (κ2) is 12.2. The molecule has 0 atom stereocenters. The summed E-state index contributed by atoms with van der Waals surface area (Å²) in [5, 5.41) is 3.44. The van der Waals surface area contributed by atoms with E-state index in [4.69, 9.17) is 9.47 Å². The van der Waals surface area contributed by atoms with Crippen LogP contribution in [0.5, 0.6) is 11.5 Å². The maximum absolute atomic E-state index is 6.11. The van der Waals surface area contributed by atoms with Crippen LogP contribution in [0.1, 0.15) is 55.5 Å². The zero-order valence-electron chi connectivity index (χ0n) is 19.5. The topological polar surface area (TPSA) is 59.5 Å². The largest absolute Gasteiger partial charge is 0.493 e. The SMILES string of the molecule is COc1ccc(Cc2cc(CCC3CCNCC3)ncn2)cc1OCCCN1CCCC1. The van der Waals surface area contributed by atoms with Crippen molar-refractivity contribution in [2.45, 2.75) is 51.4 Å². The van der Waals surface area contributed by atoms with E-state index in [1.54, 1.807) is 13.4 Å². The van der Waals surface area contributed by atoms with Crippen molar-refractivity contribution >= 4 is 0 Å². The molecule has 1 aromatic carbocycles. The van der Waals surface area contributed by atoms with Crippen LogP contribution in [0.25, 0.3) is 0 Å². The number of nitrogens with zero attached hydrogens (tertiary/aromatic N) is 3. The molecule has 1 aromatic heterocycles. The van der Waals surface area contributed by atoms with Crippen molar-refractivity contribution < 1.29 is 9.47 Å². The van der Waals surface area contributed by atoms with E-state index in [-0.39, 0.29) is 0 Å². The lowest BCUT2D eigenvalue weighted by molar-refractivity contribution is 0.254. The average Bonchev–Trinajstić information content (AvgIpc) is 3.35. The Morgan fingerprint density at radius 1 is 1.03 bits per heavy atom. The third-order valence-electron chi connectivity index (χ3n) is 6.74. The van der Waals surface area contributed by atoms with E-state index in [1.807, 2.05) is 6.07 Å². The first-order chi connectivity index (χ1) is 15.8. The van der Waals surface area contributed by atoms with E-state index in [9.17, 15) is 0 Å². The highest BCUT2D eigenvalue weighted by atomic mass is 16.5. The molecule has 0 spiro atoms. The number of hydrogen-bond donors (Lipinski definition) is 1. The van der Waals surface area contributed by atoms with Gasteiger partial charge in [-0.3, -0.25) is 0 Å². The van der Waals surface area contributed by atoms with E-state index >= 15 is 0 Å². The number of aromatic nitrogens is 2. The molecule has 2 saturated heterocycles. The molecule has 2 aliphatic heterocycles. The Hall–Kier alpha value is -2.18. The summed E-state index contributed by atoms with van der Waals surface area (Å²) in [5.41, 5.74) is 3.40. The summed E-state index contributed by atoms with van der Waals surface area (Å²) in [6, 6.07) is 8.38. The highest BCUT2D eigenvalue weighted by Gasteiger charge is 2.14. The molecule has 0 aliphatic carbocycles. The normalized spacial score (nSPS) is 17.5. The van der Waals surface area contributed by atoms with Crippen LogP contribution in [0.2, 0.25) is 0 Å². The van der Waals surface area contributed by atoms with Crippen LogP contribution in [0.3, 0.4) is 0 Å². The fourth-order valence-corrected chi connectivity index (χ4v) is 4.83. The number of nitrogens with one attached hydrogen (secondary N) is 1. The maximum atomic E-state index is 6.11. The lowest BCUT2D eigenvalue weighted by Crippen LogP contribution is -2.27. The highest BCUT2D eigenvalue weighted by molar-refractivity contribution is 5.43. The Bertz CT molecular complexity index is 832. The van der Waals surface area contributed by atoms with E-state index in [0.29, 0.717) is 6.61 Å². The van der Waals surface area contributed by atoms with Gasteiger partial charge in [0.05, 0.1) is 13.7 Å². The molecule has 0 saturated carbocycles. The van der Waals surface area contributed by atoms with Crippen molar-refractivity contribution in [3.8, 4) is 11.5 Å². The Morgan fingerprint density at radius 2 is 1.84 bits per heavy atom. The van der Waals surface area contributed by atoms with Gasteiger partial charge in [0, 0.05) is 24.4 Å². The fourth-order valence-electron chi connectivity index (χ4n) is 4.83. The first-order valence-electron chi connectivity index (χ1n) is 12.3. The fraction of sp³-hybridized carbons (Fsp3) is 0.615. The molecule has 2 aliphatic rings. The Balaban J connectivity index is 1.31. The molecule has 6 nitrogen and oxygen atoms in total. The molecular formula is C26H38N4O2. The van der Waals surface area contributed by atoms with Crippen molar-refractivity contribution in [2.75, 3.05) is 46.4 Å². The predicted octanol–water partition coefficient (Wildman–Crippen LogP) is 3.87. The first-order valence-corrected chi connectivity index (χ1v) is 12.3. The standard InChI is InChI=1S/C26H38N4O2/c1-31-25-8-6-22(18-26(25)32-16-4-15-30-13-2-3-14-30)17-24-19-23(28-20-29-24)7-5-21-9-11-27-12-10-21/h6,8,18-21,27H,2-5,7,9-17H2,1H3. The van der Waals surface area contributed by atoms with Crippen LogP contribution in [-0.2, 0) is 12.8 Å². The second-order valence-electron chi connectivity index (χ2n) is 9.15. The number of piperidine rings is 1. The zero-order chi connectivity index (χ0) is 22.0. The second-order valence-corrected chi connectivity index (χ2v) is 9.15. The van der Waals surface area contributed by atoms with E-state index in [1.165, 1.54) is 50.8 Å². The molecule has 3 heterocycles. The summed E-state index contributed by atoms with van der Waals surface area (Å²) < 4.78 is 11.6. The summed E-state index contributed by atoms with van der Waals surface area (Å²) in [6.07, 6.45) is 11.0. The predicted molar refractivity (Wildman–Crippen MR) is 128 cm³/mol. The number of hydrogen-bond acceptors (Lipinski definition) is 6. The van der Waals surface area contributed by atoms with Crippen molar-refractivity contribution in [3.63, 3.8) is 0 Å². The first kappa shape index (κ1) is 23.0. The number of likely N-dealkylation sites (tertiary alicyclic amines) is 1. The molecule has 4 rings (SSSR count). The van der Waals surface area contributed by atoms with Crippen LogP contribution >= 0.6 is 0 Å². The van der Waals surface area contributed by atoms with E-state index in [2.05, 4.69) is 38.4 Å². The molecule has 0 unspecified atom stereocenters. The molecule has 0 amide bonds. The Morgan fingerprint density at radius 3 is 2.66 bits per heavy atom. The number of benzene rings is 1. The number of ether oxygens (including phenoxy) is 2. The number of aryl methyl sites for hydroxylation is 1. The molecule has 0 radical (unpaired) electrons. The maximum Gasteiger partial charge on any atom is 0.161 e. The van der Waals surface area contributed by atoms with E-state index < -0.39 is 0 Å². The van der Waals surface area contributed by atoms with Gasteiger partial charge in [-0.05, 0) is 101 Å². The summed E-state index contributed by atoms with van der Waals surface area (Å²) in [4.78, 5) is 11.6. The molecule has 2 fully saturated rings. The highest BCUT2D eigenvalue weighted by Crippen LogP contribution is 2.29. The van der Waals surface area contributed by atoms with Crippen LogP contribution in [0.4, 0.5) is 0 Å². The van der Waals surface area contributed by atoms with Gasteiger partial charge in [0.1, 0.15) is 6.33 Å². The summed E-state index contributed by atoms with van der Waals surface area (Å²) in [7, 11) is 1.70. The van der Waals surface area contributed by atoms with Gasteiger partial charge in [0.15, 0.2) is 11.5 Å². The number of rotatable bonds is 11. The summed E-state index contributed by atoms with van der Waals surface area (Å²) >= 11 is 0. The van der Waals surface area contributed by atoms with Gasteiger partial charge in [0.25, 0.3) is 0 Å². The lowest BCUT2D eigenvalue weighted by Gasteiger charge is -2.22. The van der Waals surface area contributed by atoms with Crippen molar-refractivity contribution in [1.29, 1.82) is 0 Å². The van der Waals surface area contributed by atoms with Gasteiger partial charge in [-0.1, -0.05) is 6.07 Å². The van der Waals surface area contributed by atoms with Crippen LogP contribution in [0.15, 0.2) is 30.6 Å². The number of methoxy groups -OCH3 is 1. The third-order valence-corrected chi connectivity index (χ3v) is 6.74. The Labute approximate surface area is 192 Å². The molecule has 1 N–H and O–H groups in total. The van der Waals surface area contributed by atoms with Gasteiger partial charge in [-0.15, -0.1) is 0 Å². The van der Waals surface area contributed by atoms with Gasteiger partial charge < -0.3 is 19.7 Å². The molecule has 0 bridgehead atoms. The monoisotopic (exact) mass is 438 g/mol. The summed E-state index contributed by atoms with van der Waals surface area (Å²) in [5.74, 6) is 2.44. The van der Waals surface area contributed by atoms with Crippen molar-refractivity contribution in [3.05, 3.63) is 47.5 Å². The average molecular weight is 439 g/mol. The van der Waals surface area contributed by atoms with Gasteiger partial charge in [-0.2, -0.15) is 0 Å². The molecular weight excluding hydrogens is 400 g/mol. The smallest absolute Gasteiger partial charge is 0.161 e. The minimum atomic E-state index is 0.713. The van der Waals surface area contributed by atoms with E-state index in [0.717, 1.165) is 67.7 Å². The van der Waals surface area contributed by atoms with Gasteiger partial charge >= 0.3 is 0 Å². The van der Waals surface area contributed by atoms with Crippen LogP contribution in [-0.4, -0.2) is 61.3 Å². The zero-order valence-corrected chi connectivity index (χ0v) is 19.5. The van der Waals surface area contributed by atoms with Crippen molar-refractivity contribution in [2.24, 2.45) is 5.92 Å². The molecule has 174 valence electrons. The van der Waals surface area contributed by atoms with Crippen LogP contribution < -0.4 is 14.8 Å². The minimum Gasteiger partial charge on any atom is -0.493 e. The molecule has 2 aromatic rings. The van der Waals surface area contributed by atoms with Gasteiger partial charge in [0.2, 0.25) is 0 Å². The molecule has 6 heteroatoms. The molecule has 32 heavy (non-hydrogen) atoms. The van der Waals surface area contributed by atoms with Crippen LogP contribution in [0, 0.1) is 5.92 Å². The third kappa shape index (κ3) is 6.91. The summed E-state index contributed by atoms with van der Waals surface area (Å²) in [6.45, 7) is 6.60. The quantitative estimate of drug-likeness (QED) is 0.538.